The van der Waals surface area contributed by atoms with Crippen LogP contribution in [-0.4, -0.2) is 54.5 Å². The molecule has 3 aliphatic rings. The van der Waals surface area contributed by atoms with E-state index in [-0.39, 0.29) is 11.2 Å². The maximum Gasteiger partial charge on any atom is 0.254 e. The first kappa shape index (κ1) is 21.3. The molecule has 2 aliphatic heterocycles. The van der Waals surface area contributed by atoms with E-state index >= 15 is 0 Å². The summed E-state index contributed by atoms with van der Waals surface area (Å²) < 4.78 is 26.4. The molecule has 162 valence electrons. The smallest absolute Gasteiger partial charge is 0.254 e. The normalized spacial score (nSPS) is 27.2. The van der Waals surface area contributed by atoms with Gasteiger partial charge < -0.3 is 4.90 Å². The fraction of sp³-hybridized carbons (Fsp3) is 0.773. The summed E-state index contributed by atoms with van der Waals surface area (Å²) in [6.45, 7) is 5.56. The predicted octanol–water partition coefficient (Wildman–Crippen LogP) is 4.46. The second-order valence-electron chi connectivity index (χ2n) is 9.26. The van der Waals surface area contributed by atoms with Gasteiger partial charge in [0.05, 0.1) is 10.8 Å². The fourth-order valence-electron chi connectivity index (χ4n) is 5.41. The number of amides is 1. The number of carbonyl (C=O) groups excluding carboxylic acids is 1. The van der Waals surface area contributed by atoms with Crippen LogP contribution in [0.25, 0.3) is 0 Å². The molecule has 0 N–H and O–H groups in total. The standard InChI is InChI=1S/C22H34N2O3S2/c1-16(2)29(26,27)23-12-9-18(10-13-23)21-14-19(15-28-21)22(25)24-11-5-7-17-6-3-4-8-20(17)24/h14-18,20H,3-13H2,1-2H3. The highest BCUT2D eigenvalue weighted by atomic mass is 32.2. The van der Waals surface area contributed by atoms with Crippen molar-refractivity contribution >= 4 is 27.3 Å². The number of rotatable bonds is 4. The van der Waals surface area contributed by atoms with Crippen molar-refractivity contribution in [1.82, 2.24) is 9.21 Å². The molecule has 0 radical (unpaired) electrons. The molecule has 2 unspecified atom stereocenters. The molecular weight excluding hydrogens is 404 g/mol. The Kier molecular flexibility index (Phi) is 6.38. The minimum absolute atomic E-state index is 0.212. The molecule has 0 spiro atoms. The molecule has 7 heteroatoms. The molecule has 2 atom stereocenters. The second-order valence-corrected chi connectivity index (χ2v) is 12.7. The van der Waals surface area contributed by atoms with Gasteiger partial charge >= 0.3 is 0 Å². The van der Waals surface area contributed by atoms with Crippen molar-refractivity contribution in [3.8, 4) is 0 Å². The van der Waals surface area contributed by atoms with Gasteiger partial charge in [0.15, 0.2) is 0 Å². The van der Waals surface area contributed by atoms with Crippen LogP contribution in [0.5, 0.6) is 0 Å². The molecule has 1 aromatic heterocycles. The number of thiophene rings is 1. The Bertz CT molecular complexity index is 823. The van der Waals surface area contributed by atoms with Crippen LogP contribution in [0.15, 0.2) is 11.4 Å². The fourth-order valence-corrected chi connectivity index (χ4v) is 7.79. The van der Waals surface area contributed by atoms with Gasteiger partial charge in [0, 0.05) is 35.9 Å². The third kappa shape index (κ3) is 4.28. The van der Waals surface area contributed by atoms with Crippen molar-refractivity contribution < 1.29 is 13.2 Å². The molecule has 1 aliphatic carbocycles. The number of nitrogens with zero attached hydrogens (tertiary/aromatic N) is 2. The van der Waals surface area contributed by atoms with Crippen LogP contribution in [0.1, 0.15) is 86.4 Å². The summed E-state index contributed by atoms with van der Waals surface area (Å²) in [5, 5.41) is 1.67. The van der Waals surface area contributed by atoms with Gasteiger partial charge in [-0.1, -0.05) is 12.8 Å². The van der Waals surface area contributed by atoms with E-state index in [4.69, 9.17) is 0 Å². The van der Waals surface area contributed by atoms with Gasteiger partial charge in [-0.15, -0.1) is 11.3 Å². The van der Waals surface area contributed by atoms with Crippen molar-refractivity contribution in [3.63, 3.8) is 0 Å². The summed E-state index contributed by atoms with van der Waals surface area (Å²) >= 11 is 1.68. The first-order valence-corrected chi connectivity index (χ1v) is 13.6. The van der Waals surface area contributed by atoms with E-state index < -0.39 is 10.0 Å². The number of piperidine rings is 2. The molecule has 29 heavy (non-hydrogen) atoms. The predicted molar refractivity (Wildman–Crippen MR) is 118 cm³/mol. The Balaban J connectivity index is 1.40. The highest BCUT2D eigenvalue weighted by Crippen LogP contribution is 2.38. The maximum absolute atomic E-state index is 13.3. The molecule has 2 saturated heterocycles. The van der Waals surface area contributed by atoms with Gasteiger partial charge in [0.1, 0.15) is 0 Å². The molecule has 3 heterocycles. The Hall–Kier alpha value is -0.920. The topological polar surface area (TPSA) is 57.7 Å². The van der Waals surface area contributed by atoms with Gasteiger partial charge in [0.25, 0.3) is 5.91 Å². The Morgan fingerprint density at radius 2 is 1.72 bits per heavy atom. The van der Waals surface area contributed by atoms with E-state index in [1.807, 2.05) is 5.38 Å². The maximum atomic E-state index is 13.3. The van der Waals surface area contributed by atoms with Crippen molar-refractivity contribution in [2.45, 2.75) is 82.4 Å². The van der Waals surface area contributed by atoms with E-state index in [2.05, 4.69) is 11.0 Å². The van der Waals surface area contributed by atoms with Crippen LogP contribution in [0.3, 0.4) is 0 Å². The largest absolute Gasteiger partial charge is 0.335 e. The second kappa shape index (κ2) is 8.67. The van der Waals surface area contributed by atoms with Crippen LogP contribution in [0.4, 0.5) is 0 Å². The van der Waals surface area contributed by atoms with Crippen LogP contribution >= 0.6 is 11.3 Å². The molecule has 1 amide bonds. The monoisotopic (exact) mass is 438 g/mol. The molecule has 3 fully saturated rings. The van der Waals surface area contributed by atoms with Crippen LogP contribution < -0.4 is 0 Å². The molecule has 5 nitrogen and oxygen atoms in total. The summed E-state index contributed by atoms with van der Waals surface area (Å²) in [7, 11) is -3.16. The third-order valence-electron chi connectivity index (χ3n) is 7.18. The average molecular weight is 439 g/mol. The Morgan fingerprint density at radius 1 is 1.03 bits per heavy atom. The van der Waals surface area contributed by atoms with Crippen molar-refractivity contribution in [2.24, 2.45) is 5.92 Å². The number of sulfonamides is 1. The molecule has 0 aromatic carbocycles. The zero-order valence-corrected chi connectivity index (χ0v) is 19.3. The Morgan fingerprint density at radius 3 is 2.45 bits per heavy atom. The van der Waals surface area contributed by atoms with Gasteiger partial charge in [-0.2, -0.15) is 0 Å². The molecule has 1 saturated carbocycles. The van der Waals surface area contributed by atoms with Crippen LogP contribution in [0, 0.1) is 5.92 Å². The number of likely N-dealkylation sites (tertiary alicyclic amines) is 1. The highest BCUT2D eigenvalue weighted by molar-refractivity contribution is 7.89. The van der Waals surface area contributed by atoms with Gasteiger partial charge in [-0.3, -0.25) is 4.79 Å². The van der Waals surface area contributed by atoms with E-state index in [0.29, 0.717) is 31.0 Å². The van der Waals surface area contributed by atoms with Gasteiger partial charge in [-0.05, 0) is 70.3 Å². The first-order chi connectivity index (χ1) is 13.9. The lowest BCUT2D eigenvalue weighted by atomic mass is 9.78. The summed E-state index contributed by atoms with van der Waals surface area (Å²) in [5.74, 6) is 1.28. The number of carbonyl (C=O) groups is 1. The van der Waals surface area contributed by atoms with Gasteiger partial charge in [0.2, 0.25) is 10.0 Å². The quantitative estimate of drug-likeness (QED) is 0.697. The lowest BCUT2D eigenvalue weighted by Crippen LogP contribution is -2.49. The summed E-state index contributed by atoms with van der Waals surface area (Å²) in [4.78, 5) is 16.7. The summed E-state index contributed by atoms with van der Waals surface area (Å²) in [6, 6.07) is 2.54. The van der Waals surface area contributed by atoms with Crippen molar-refractivity contribution in [3.05, 3.63) is 21.9 Å². The van der Waals surface area contributed by atoms with E-state index in [1.165, 1.54) is 30.6 Å². The third-order valence-corrected chi connectivity index (χ3v) is 10.6. The summed E-state index contributed by atoms with van der Waals surface area (Å²) in [5.41, 5.74) is 0.841. The van der Waals surface area contributed by atoms with Crippen LogP contribution in [0.2, 0.25) is 0 Å². The number of hydrogen-bond acceptors (Lipinski definition) is 4. The minimum atomic E-state index is -3.16. The van der Waals surface area contributed by atoms with E-state index in [1.54, 1.807) is 29.5 Å². The van der Waals surface area contributed by atoms with E-state index in [0.717, 1.165) is 37.8 Å². The molecular formula is C22H34N2O3S2. The average Bonchev–Trinajstić information content (AvgIpc) is 3.23. The minimum Gasteiger partial charge on any atom is -0.335 e. The molecule has 1 aromatic rings. The van der Waals surface area contributed by atoms with Crippen LogP contribution in [-0.2, 0) is 10.0 Å². The lowest BCUT2D eigenvalue weighted by molar-refractivity contribution is 0.0391. The number of hydrogen-bond donors (Lipinski definition) is 0. The highest BCUT2D eigenvalue weighted by Gasteiger charge is 2.37. The van der Waals surface area contributed by atoms with Crippen molar-refractivity contribution in [2.75, 3.05) is 19.6 Å². The SMILES string of the molecule is CC(C)S(=O)(=O)N1CCC(c2cc(C(=O)N3CCCC4CCCCC43)cs2)CC1. The zero-order chi connectivity index (χ0) is 20.6. The Labute approximate surface area is 179 Å². The van der Waals surface area contributed by atoms with Crippen molar-refractivity contribution in [1.29, 1.82) is 0 Å². The molecule has 0 bridgehead atoms. The summed E-state index contributed by atoms with van der Waals surface area (Å²) in [6.07, 6.45) is 9.10. The lowest BCUT2D eigenvalue weighted by Gasteiger charge is -2.44. The first-order valence-electron chi connectivity index (χ1n) is 11.3. The van der Waals surface area contributed by atoms with E-state index in [9.17, 15) is 13.2 Å². The number of fused-ring (bicyclic) bond motifs is 1. The molecule has 4 rings (SSSR count). The van der Waals surface area contributed by atoms with Gasteiger partial charge in [-0.25, -0.2) is 12.7 Å². The zero-order valence-electron chi connectivity index (χ0n) is 17.7.